The first-order valence-corrected chi connectivity index (χ1v) is 12.1. The summed E-state index contributed by atoms with van der Waals surface area (Å²) in [5.74, 6) is 0. The number of hydrogen-bond acceptors (Lipinski definition) is 2. The van der Waals surface area contributed by atoms with Crippen LogP contribution in [0.4, 0.5) is 0 Å². The van der Waals surface area contributed by atoms with Crippen molar-refractivity contribution >= 4 is 7.67 Å². The van der Waals surface area contributed by atoms with Crippen molar-refractivity contribution in [2.45, 2.75) is 110 Å². The molecular weight excluding hydrogens is 331 g/mol. The molecule has 0 aromatic rings. The molecule has 0 aromatic heterocycles. The Morgan fingerprint density at radius 1 is 0.760 bits per heavy atom. The molecule has 0 bridgehead atoms. The summed E-state index contributed by atoms with van der Waals surface area (Å²) in [6.45, 7) is 13.3. The van der Waals surface area contributed by atoms with E-state index in [1.165, 1.54) is 57.8 Å². The van der Waals surface area contributed by atoms with E-state index < -0.39 is 7.67 Å². The van der Waals surface area contributed by atoms with E-state index in [4.69, 9.17) is 4.52 Å². The molecule has 148 valence electrons. The van der Waals surface area contributed by atoms with Crippen LogP contribution in [0, 0.1) is 0 Å². The second-order valence-corrected chi connectivity index (χ2v) is 11.5. The lowest BCUT2D eigenvalue weighted by Crippen LogP contribution is -2.18. The van der Waals surface area contributed by atoms with Crippen LogP contribution < -0.4 is 0 Å². The molecule has 2 saturated heterocycles. The van der Waals surface area contributed by atoms with Crippen LogP contribution in [0.2, 0.25) is 0 Å². The van der Waals surface area contributed by atoms with Crippen LogP contribution in [-0.4, -0.2) is 40.1 Å². The van der Waals surface area contributed by atoms with E-state index in [2.05, 4.69) is 44.0 Å². The molecule has 0 saturated carbocycles. The molecule has 25 heavy (non-hydrogen) atoms. The quantitative estimate of drug-likeness (QED) is 0.206. The van der Waals surface area contributed by atoms with Crippen molar-refractivity contribution < 1.29 is 9.09 Å². The normalized spacial score (nSPS) is 28.5. The highest BCUT2D eigenvalue weighted by molar-refractivity contribution is 7.54. The smallest absolute Gasteiger partial charge is 0.306 e. The van der Waals surface area contributed by atoms with Gasteiger partial charge in [0.15, 0.2) is 0 Å². The molecule has 2 aliphatic heterocycles. The number of nitrogens with zero attached hydrogens (tertiary/aromatic N) is 2. The van der Waals surface area contributed by atoms with E-state index in [-0.39, 0.29) is 11.1 Å². The molecule has 0 aromatic carbocycles. The fourth-order valence-corrected chi connectivity index (χ4v) is 6.89. The van der Waals surface area contributed by atoms with Crippen molar-refractivity contribution in [1.29, 1.82) is 0 Å². The second kappa shape index (κ2) is 8.87. The fourth-order valence-electron chi connectivity index (χ4n) is 3.57. The summed E-state index contributed by atoms with van der Waals surface area (Å²) >= 11 is 0. The van der Waals surface area contributed by atoms with E-state index in [1.807, 2.05) is 0 Å². The van der Waals surface area contributed by atoms with Crippen molar-refractivity contribution in [2.24, 2.45) is 0 Å². The van der Waals surface area contributed by atoms with Crippen LogP contribution in [-0.2, 0) is 9.09 Å². The zero-order valence-corrected chi connectivity index (χ0v) is 18.2. The summed E-state index contributed by atoms with van der Waals surface area (Å²) in [6.07, 6.45) is 13.1. The summed E-state index contributed by atoms with van der Waals surface area (Å²) in [5.41, 5.74) is 0.0674. The monoisotopic (exact) mass is 372 g/mol. The van der Waals surface area contributed by atoms with Crippen molar-refractivity contribution in [3.8, 4) is 0 Å². The molecular formula is C20H41N2O2P. The molecule has 4 nitrogen and oxygen atoms in total. The first kappa shape index (κ1) is 21.4. The van der Waals surface area contributed by atoms with Gasteiger partial charge in [0.05, 0.1) is 6.61 Å². The van der Waals surface area contributed by atoms with Gasteiger partial charge in [0.2, 0.25) is 0 Å². The Hall–Kier alpha value is 0.110. The third-order valence-electron chi connectivity index (χ3n) is 5.63. The maximum absolute atomic E-state index is 13.5. The van der Waals surface area contributed by atoms with Gasteiger partial charge in [0.1, 0.15) is 0 Å². The molecule has 0 spiro atoms. The van der Waals surface area contributed by atoms with Gasteiger partial charge in [0.25, 0.3) is 0 Å². The number of unbranched alkanes of at least 4 members (excludes halogenated alkanes) is 9. The van der Waals surface area contributed by atoms with Gasteiger partial charge >= 0.3 is 7.67 Å². The predicted octanol–water partition coefficient (Wildman–Crippen LogP) is 6.22. The predicted molar refractivity (Wildman–Crippen MR) is 107 cm³/mol. The van der Waals surface area contributed by atoms with E-state index in [0.29, 0.717) is 6.61 Å². The van der Waals surface area contributed by atoms with Crippen LogP contribution in [0.25, 0.3) is 0 Å². The summed E-state index contributed by atoms with van der Waals surface area (Å²) < 4.78 is 23.6. The first-order chi connectivity index (χ1) is 11.7. The Bertz CT molecular complexity index is 439. The summed E-state index contributed by atoms with van der Waals surface area (Å²) in [7, 11) is -2.79. The van der Waals surface area contributed by atoms with Crippen molar-refractivity contribution in [1.82, 2.24) is 9.34 Å². The lowest BCUT2D eigenvalue weighted by molar-refractivity contribution is 0.252. The molecule has 2 unspecified atom stereocenters. The minimum absolute atomic E-state index is 0.0337. The molecule has 2 fully saturated rings. The molecule has 0 amide bonds. The third kappa shape index (κ3) is 6.06. The third-order valence-corrected chi connectivity index (χ3v) is 8.74. The lowest BCUT2D eigenvalue weighted by Gasteiger charge is -2.24. The summed E-state index contributed by atoms with van der Waals surface area (Å²) in [5, 5.41) is 0. The van der Waals surface area contributed by atoms with Gasteiger partial charge < -0.3 is 4.52 Å². The minimum Gasteiger partial charge on any atom is -0.306 e. The Morgan fingerprint density at radius 2 is 1.12 bits per heavy atom. The highest BCUT2D eigenvalue weighted by atomic mass is 31.2. The van der Waals surface area contributed by atoms with Crippen LogP contribution in [0.1, 0.15) is 98.8 Å². The zero-order chi connectivity index (χ0) is 18.6. The van der Waals surface area contributed by atoms with Crippen molar-refractivity contribution in [3.63, 3.8) is 0 Å². The topological polar surface area (TPSA) is 32.3 Å². The average Bonchev–Trinajstić information content (AvgIpc) is 3.39. The van der Waals surface area contributed by atoms with E-state index in [0.717, 1.165) is 19.5 Å². The molecule has 0 N–H and O–H groups in total. The van der Waals surface area contributed by atoms with Gasteiger partial charge in [0, 0.05) is 24.2 Å². The summed E-state index contributed by atoms with van der Waals surface area (Å²) in [6, 6.07) is 0. The van der Waals surface area contributed by atoms with Gasteiger partial charge in [-0.25, -0.2) is 9.34 Å². The molecule has 5 heteroatoms. The van der Waals surface area contributed by atoms with Gasteiger partial charge in [-0.1, -0.05) is 64.7 Å². The maximum Gasteiger partial charge on any atom is 0.347 e. The molecule has 2 atom stereocenters. The molecule has 0 radical (unpaired) electrons. The van der Waals surface area contributed by atoms with E-state index in [1.54, 1.807) is 0 Å². The Labute approximate surface area is 156 Å². The van der Waals surface area contributed by atoms with E-state index >= 15 is 0 Å². The maximum atomic E-state index is 13.5. The van der Waals surface area contributed by atoms with Crippen LogP contribution in [0.5, 0.6) is 0 Å². The van der Waals surface area contributed by atoms with Gasteiger partial charge in [-0.3, -0.25) is 4.57 Å². The largest absolute Gasteiger partial charge is 0.347 e. The molecule has 2 heterocycles. The molecule has 0 aliphatic carbocycles. The van der Waals surface area contributed by atoms with Crippen LogP contribution in [0.15, 0.2) is 0 Å². The standard InChI is InChI=1S/C20H41N2O2P/c1-6-7-8-9-10-11-12-13-14-15-16-24-25(23,21-17-19(21,2)3)22-18-20(22,4)5/h6-18H2,1-5H3. The van der Waals surface area contributed by atoms with Crippen LogP contribution >= 0.6 is 7.67 Å². The Morgan fingerprint density at radius 3 is 1.48 bits per heavy atom. The highest BCUT2D eigenvalue weighted by Crippen LogP contribution is 2.70. The zero-order valence-electron chi connectivity index (χ0n) is 17.4. The van der Waals surface area contributed by atoms with E-state index in [9.17, 15) is 4.57 Å². The van der Waals surface area contributed by atoms with Crippen molar-refractivity contribution in [3.05, 3.63) is 0 Å². The SMILES string of the molecule is CCCCCCCCCCCCOP(=O)(N1CC1(C)C)N1CC1(C)C. The Balaban J connectivity index is 1.57. The average molecular weight is 373 g/mol. The number of hydrogen-bond donors (Lipinski definition) is 0. The molecule has 2 aliphatic rings. The second-order valence-electron chi connectivity index (χ2n) is 9.25. The van der Waals surface area contributed by atoms with Crippen molar-refractivity contribution in [2.75, 3.05) is 19.7 Å². The van der Waals surface area contributed by atoms with Gasteiger partial charge in [-0.2, -0.15) is 0 Å². The molecule has 2 rings (SSSR count). The Kier molecular flexibility index (Phi) is 7.59. The number of rotatable bonds is 14. The highest BCUT2D eigenvalue weighted by Gasteiger charge is 2.65. The van der Waals surface area contributed by atoms with Gasteiger partial charge in [-0.15, -0.1) is 0 Å². The first-order valence-electron chi connectivity index (χ1n) is 10.5. The van der Waals surface area contributed by atoms with Gasteiger partial charge in [-0.05, 0) is 34.1 Å². The fraction of sp³-hybridized carbons (Fsp3) is 1.00. The summed E-state index contributed by atoms with van der Waals surface area (Å²) in [4.78, 5) is 0. The minimum atomic E-state index is -2.79. The van der Waals surface area contributed by atoms with Crippen LogP contribution in [0.3, 0.4) is 0 Å². The lowest BCUT2D eigenvalue weighted by atomic mass is 10.1.